The molecule has 11 rings (SSSR count). The summed E-state index contributed by atoms with van der Waals surface area (Å²) >= 11 is 0. The number of nitrogens with zero attached hydrogens (tertiary/aromatic N) is 2. The zero-order valence-corrected chi connectivity index (χ0v) is 28.3. The topological polar surface area (TPSA) is 21.3 Å². The predicted molar refractivity (Wildman–Crippen MR) is 216 cm³/mol. The quantitative estimate of drug-likeness (QED) is 0.183. The van der Waals surface area contributed by atoms with Gasteiger partial charge in [0.15, 0.2) is 0 Å². The fourth-order valence-electron chi connectivity index (χ4n) is 8.45. The van der Waals surface area contributed by atoms with Gasteiger partial charge in [0.1, 0.15) is 11.2 Å². The molecule has 1 aliphatic carbocycles. The molecule has 0 N–H and O–H groups in total. The number of fused-ring (bicyclic) bond motifs is 9. The van der Waals surface area contributed by atoms with Crippen LogP contribution in [0.2, 0.25) is 0 Å². The number of hydrogen-bond acceptors (Lipinski definition) is 2. The van der Waals surface area contributed by atoms with Crippen molar-refractivity contribution in [2.45, 2.75) is 6.42 Å². The first-order valence-corrected chi connectivity index (χ1v) is 17.9. The van der Waals surface area contributed by atoms with Gasteiger partial charge in [0.25, 0.3) is 0 Å². The molecule has 0 saturated heterocycles. The van der Waals surface area contributed by atoms with Crippen LogP contribution >= 0.6 is 0 Å². The average molecular weight is 665 g/mol. The Kier molecular flexibility index (Phi) is 6.31. The molecule has 0 amide bonds. The summed E-state index contributed by atoms with van der Waals surface area (Å²) < 4.78 is 8.79. The number of hydrogen-bond donors (Lipinski definition) is 0. The molecule has 0 unspecified atom stereocenters. The minimum atomic E-state index is 0.874. The van der Waals surface area contributed by atoms with Gasteiger partial charge in [0.05, 0.1) is 22.1 Å². The van der Waals surface area contributed by atoms with Crippen LogP contribution in [0.5, 0.6) is 0 Å². The third-order valence-electron chi connectivity index (χ3n) is 10.8. The van der Waals surface area contributed by atoms with E-state index in [1.165, 1.54) is 49.7 Å². The highest BCUT2D eigenvalue weighted by Crippen LogP contribution is 2.45. The molecule has 3 nitrogen and oxygen atoms in total. The molecule has 0 radical (unpaired) electrons. The molecule has 244 valence electrons. The third kappa shape index (κ3) is 4.39. The van der Waals surface area contributed by atoms with Crippen molar-refractivity contribution in [2.24, 2.45) is 0 Å². The van der Waals surface area contributed by atoms with E-state index in [-0.39, 0.29) is 0 Å². The smallest absolute Gasteiger partial charge is 0.137 e. The molecule has 0 atom stereocenters. The normalized spacial score (nSPS) is 12.2. The van der Waals surface area contributed by atoms with E-state index in [9.17, 15) is 0 Å². The Hall–Kier alpha value is -6.84. The second kappa shape index (κ2) is 11.3. The first-order valence-electron chi connectivity index (χ1n) is 17.9. The Morgan fingerprint density at radius 1 is 0.442 bits per heavy atom. The molecule has 3 heteroatoms. The SMILES string of the molecule is c1ccc(-n2c3ccccc3c3ccc(N(c4ccc(-c5ccc6c(c5)Cc5ccccc5-6)cc4)c4cccc5oc6ccccc6c45)cc32)cc1. The number of furan rings is 1. The zero-order valence-electron chi connectivity index (χ0n) is 28.3. The second-order valence-electron chi connectivity index (χ2n) is 13.7. The maximum atomic E-state index is 6.41. The predicted octanol–water partition coefficient (Wildman–Crippen LogP) is 13.4. The molecular formula is C49H32N2O. The lowest BCUT2D eigenvalue weighted by Crippen LogP contribution is -2.10. The van der Waals surface area contributed by atoms with Gasteiger partial charge in [-0.3, -0.25) is 0 Å². The van der Waals surface area contributed by atoms with E-state index in [2.05, 4.69) is 185 Å². The molecule has 52 heavy (non-hydrogen) atoms. The molecule has 2 heterocycles. The van der Waals surface area contributed by atoms with E-state index in [1.807, 2.05) is 6.07 Å². The summed E-state index contributed by atoms with van der Waals surface area (Å²) in [5.41, 5.74) is 16.4. The van der Waals surface area contributed by atoms with Crippen LogP contribution < -0.4 is 4.90 Å². The fourth-order valence-corrected chi connectivity index (χ4v) is 8.45. The highest BCUT2D eigenvalue weighted by molar-refractivity contribution is 6.14. The lowest BCUT2D eigenvalue weighted by molar-refractivity contribution is 0.669. The van der Waals surface area contributed by atoms with Gasteiger partial charge < -0.3 is 13.9 Å². The molecule has 0 spiro atoms. The number of aromatic nitrogens is 1. The Morgan fingerprint density at radius 3 is 2.04 bits per heavy atom. The van der Waals surface area contributed by atoms with Crippen LogP contribution in [0.4, 0.5) is 17.1 Å². The molecule has 10 aromatic rings. The molecule has 2 aromatic heterocycles. The summed E-state index contributed by atoms with van der Waals surface area (Å²) in [6.45, 7) is 0. The van der Waals surface area contributed by atoms with E-state index in [1.54, 1.807) is 0 Å². The van der Waals surface area contributed by atoms with Crippen LogP contribution in [0.25, 0.3) is 71.7 Å². The lowest BCUT2D eigenvalue weighted by Gasteiger charge is -2.27. The van der Waals surface area contributed by atoms with Crippen LogP contribution in [-0.4, -0.2) is 4.57 Å². The fraction of sp³-hybridized carbons (Fsp3) is 0.0204. The maximum Gasteiger partial charge on any atom is 0.137 e. The molecule has 0 aliphatic heterocycles. The second-order valence-corrected chi connectivity index (χ2v) is 13.7. The Morgan fingerprint density at radius 2 is 1.13 bits per heavy atom. The van der Waals surface area contributed by atoms with Gasteiger partial charge in [0, 0.05) is 33.2 Å². The van der Waals surface area contributed by atoms with Gasteiger partial charge in [-0.1, -0.05) is 121 Å². The monoisotopic (exact) mass is 664 g/mol. The lowest BCUT2D eigenvalue weighted by atomic mass is 9.98. The van der Waals surface area contributed by atoms with Crippen molar-refractivity contribution in [2.75, 3.05) is 4.90 Å². The van der Waals surface area contributed by atoms with E-state index in [0.29, 0.717) is 0 Å². The van der Waals surface area contributed by atoms with Crippen molar-refractivity contribution in [3.8, 4) is 27.9 Å². The van der Waals surface area contributed by atoms with Crippen molar-refractivity contribution in [3.05, 3.63) is 193 Å². The molecule has 0 bridgehead atoms. The van der Waals surface area contributed by atoms with E-state index >= 15 is 0 Å². The molecule has 0 saturated carbocycles. The van der Waals surface area contributed by atoms with Crippen LogP contribution in [0, 0.1) is 0 Å². The van der Waals surface area contributed by atoms with Gasteiger partial charge in [-0.15, -0.1) is 0 Å². The van der Waals surface area contributed by atoms with E-state index in [4.69, 9.17) is 4.42 Å². The van der Waals surface area contributed by atoms with Crippen LogP contribution in [0.1, 0.15) is 11.1 Å². The number of para-hydroxylation sites is 3. The average Bonchev–Trinajstić information content (AvgIpc) is 3.88. The minimum Gasteiger partial charge on any atom is -0.456 e. The summed E-state index contributed by atoms with van der Waals surface area (Å²) in [5.74, 6) is 0. The summed E-state index contributed by atoms with van der Waals surface area (Å²) in [6.07, 6.45) is 0.982. The van der Waals surface area contributed by atoms with Gasteiger partial charge in [0.2, 0.25) is 0 Å². The van der Waals surface area contributed by atoms with Gasteiger partial charge in [-0.25, -0.2) is 0 Å². The van der Waals surface area contributed by atoms with Crippen molar-refractivity contribution < 1.29 is 4.42 Å². The van der Waals surface area contributed by atoms with E-state index in [0.717, 1.165) is 56.6 Å². The van der Waals surface area contributed by atoms with Crippen molar-refractivity contribution in [3.63, 3.8) is 0 Å². The highest BCUT2D eigenvalue weighted by atomic mass is 16.3. The number of benzene rings is 8. The summed E-state index contributed by atoms with van der Waals surface area (Å²) in [4.78, 5) is 2.39. The van der Waals surface area contributed by atoms with E-state index < -0.39 is 0 Å². The molecule has 8 aromatic carbocycles. The van der Waals surface area contributed by atoms with Gasteiger partial charge >= 0.3 is 0 Å². The van der Waals surface area contributed by atoms with Crippen molar-refractivity contribution in [1.82, 2.24) is 4.57 Å². The highest BCUT2D eigenvalue weighted by Gasteiger charge is 2.22. The third-order valence-corrected chi connectivity index (χ3v) is 10.8. The number of anilines is 3. The Labute approximate surface area is 301 Å². The molecule has 0 fully saturated rings. The largest absolute Gasteiger partial charge is 0.456 e. The molecular weight excluding hydrogens is 633 g/mol. The Balaban J connectivity index is 1.10. The summed E-state index contributed by atoms with van der Waals surface area (Å²) in [5, 5.41) is 4.67. The van der Waals surface area contributed by atoms with Crippen LogP contribution in [-0.2, 0) is 6.42 Å². The number of rotatable bonds is 5. The van der Waals surface area contributed by atoms with Crippen molar-refractivity contribution >= 4 is 60.8 Å². The zero-order chi connectivity index (χ0) is 34.2. The maximum absolute atomic E-state index is 6.41. The summed E-state index contributed by atoms with van der Waals surface area (Å²) in [6, 6.07) is 65.7. The standard InChI is InChI=1S/C49H32N2O/c1-2-12-36(13-3-1)51-44-17-8-6-15-41(44)42-28-26-38(31-46(42)51)50(45-18-10-20-48-49(45)43-16-7-9-19-47(43)52-48)37-24-21-32(22-25-37)33-23-27-40-35(29-33)30-34-11-4-5-14-39(34)40/h1-29,31H,30H2. The summed E-state index contributed by atoms with van der Waals surface area (Å²) in [7, 11) is 0. The molecule has 1 aliphatic rings. The minimum absolute atomic E-state index is 0.874. The van der Waals surface area contributed by atoms with Crippen LogP contribution in [0.15, 0.2) is 186 Å². The van der Waals surface area contributed by atoms with Crippen molar-refractivity contribution in [1.29, 1.82) is 0 Å². The van der Waals surface area contributed by atoms with Gasteiger partial charge in [-0.05, 0) is 100 Å². The van der Waals surface area contributed by atoms with Gasteiger partial charge in [-0.2, -0.15) is 0 Å². The first kappa shape index (κ1) is 28.9. The Bertz CT molecular complexity index is 2990. The first-order chi connectivity index (χ1) is 25.8. The van der Waals surface area contributed by atoms with Crippen LogP contribution in [0.3, 0.4) is 0 Å².